The highest BCUT2D eigenvalue weighted by atomic mass is 19.1. The van der Waals surface area contributed by atoms with E-state index in [1.165, 1.54) is 24.3 Å². The molecule has 1 fully saturated rings. The zero-order valence-electron chi connectivity index (χ0n) is 14.7. The molecule has 3 rings (SSSR count). The number of aromatic nitrogens is 2. The molecule has 0 saturated carbocycles. The number of anilines is 1. The number of hydrogen-bond acceptors (Lipinski definition) is 6. The summed E-state index contributed by atoms with van der Waals surface area (Å²) in [4.78, 5) is 34.2. The first-order valence-corrected chi connectivity index (χ1v) is 8.81. The van der Waals surface area contributed by atoms with Gasteiger partial charge in [-0.15, -0.1) is 0 Å². The standard InChI is InChI=1S/C19H21FN4O3/c20-14-4-2-13(3-5-14)16(25)6-7-18(27)24-11-8-15(17(26)12-24)23-19-21-9-1-10-22-19/h1-5,9-10,15,17,26H,6-8,11-12H2,(H,21,22,23)/t15-,17-/m1/s1. The van der Waals surface area contributed by atoms with Crippen LogP contribution in [0.5, 0.6) is 0 Å². The summed E-state index contributed by atoms with van der Waals surface area (Å²) < 4.78 is 12.9. The average molecular weight is 372 g/mol. The summed E-state index contributed by atoms with van der Waals surface area (Å²) in [7, 11) is 0. The zero-order valence-corrected chi connectivity index (χ0v) is 14.7. The largest absolute Gasteiger partial charge is 0.389 e. The van der Waals surface area contributed by atoms with Gasteiger partial charge < -0.3 is 15.3 Å². The van der Waals surface area contributed by atoms with Gasteiger partial charge in [0.1, 0.15) is 5.82 Å². The van der Waals surface area contributed by atoms with E-state index in [1.54, 1.807) is 23.4 Å². The van der Waals surface area contributed by atoms with Crippen molar-refractivity contribution < 1.29 is 19.1 Å². The molecule has 0 radical (unpaired) electrons. The van der Waals surface area contributed by atoms with Crippen LogP contribution < -0.4 is 5.32 Å². The van der Waals surface area contributed by atoms with Crippen LogP contribution in [0.25, 0.3) is 0 Å². The highest BCUT2D eigenvalue weighted by molar-refractivity contribution is 5.97. The molecule has 0 aliphatic carbocycles. The van der Waals surface area contributed by atoms with Crippen molar-refractivity contribution >= 4 is 17.6 Å². The van der Waals surface area contributed by atoms with Crippen molar-refractivity contribution in [3.8, 4) is 0 Å². The van der Waals surface area contributed by atoms with Gasteiger partial charge in [-0.2, -0.15) is 0 Å². The van der Waals surface area contributed by atoms with E-state index in [1.807, 2.05) is 0 Å². The molecule has 2 N–H and O–H groups in total. The molecule has 8 heteroatoms. The monoisotopic (exact) mass is 372 g/mol. The van der Waals surface area contributed by atoms with E-state index >= 15 is 0 Å². The van der Waals surface area contributed by atoms with Crippen LogP contribution in [-0.2, 0) is 4.79 Å². The van der Waals surface area contributed by atoms with Crippen molar-refractivity contribution in [2.75, 3.05) is 18.4 Å². The molecule has 1 aliphatic rings. The van der Waals surface area contributed by atoms with E-state index in [9.17, 15) is 19.1 Å². The minimum atomic E-state index is -0.751. The van der Waals surface area contributed by atoms with Crippen LogP contribution in [0.1, 0.15) is 29.6 Å². The fourth-order valence-corrected chi connectivity index (χ4v) is 3.02. The molecule has 1 amide bonds. The summed E-state index contributed by atoms with van der Waals surface area (Å²) >= 11 is 0. The first-order chi connectivity index (χ1) is 13.0. The number of amides is 1. The molecule has 1 aliphatic heterocycles. The molecule has 0 unspecified atom stereocenters. The zero-order chi connectivity index (χ0) is 19.2. The Bertz CT molecular complexity index is 785. The van der Waals surface area contributed by atoms with E-state index in [0.29, 0.717) is 24.5 Å². The summed E-state index contributed by atoms with van der Waals surface area (Å²) in [5.41, 5.74) is 0.384. The third-order valence-electron chi connectivity index (χ3n) is 4.55. The maximum Gasteiger partial charge on any atom is 0.223 e. The number of nitrogens with zero attached hydrogens (tertiary/aromatic N) is 3. The highest BCUT2D eigenvalue weighted by Gasteiger charge is 2.30. The minimum absolute atomic E-state index is 0.0522. The van der Waals surface area contributed by atoms with Crippen molar-refractivity contribution in [3.63, 3.8) is 0 Å². The van der Waals surface area contributed by atoms with Crippen molar-refractivity contribution in [1.29, 1.82) is 0 Å². The second-order valence-corrected chi connectivity index (χ2v) is 6.45. The number of carbonyl (C=O) groups excluding carboxylic acids is 2. The number of carbonyl (C=O) groups is 2. The van der Waals surface area contributed by atoms with E-state index in [0.717, 1.165) is 0 Å². The summed E-state index contributed by atoms with van der Waals surface area (Å²) in [5, 5.41) is 13.4. The van der Waals surface area contributed by atoms with E-state index < -0.39 is 11.9 Å². The Morgan fingerprint density at radius 1 is 1.19 bits per heavy atom. The number of benzene rings is 1. The number of piperidine rings is 1. The van der Waals surface area contributed by atoms with Gasteiger partial charge in [0.25, 0.3) is 0 Å². The Hall–Kier alpha value is -2.87. The van der Waals surface area contributed by atoms with Crippen molar-refractivity contribution in [2.24, 2.45) is 0 Å². The van der Waals surface area contributed by atoms with Crippen LogP contribution in [0, 0.1) is 5.82 Å². The third-order valence-corrected chi connectivity index (χ3v) is 4.55. The van der Waals surface area contributed by atoms with Gasteiger partial charge in [-0.25, -0.2) is 14.4 Å². The molecule has 2 atom stereocenters. The summed E-state index contributed by atoms with van der Waals surface area (Å²) in [6.45, 7) is 0.666. The molecular weight excluding hydrogens is 351 g/mol. The van der Waals surface area contributed by atoms with E-state index in [4.69, 9.17) is 0 Å². The molecule has 2 aromatic rings. The Morgan fingerprint density at radius 3 is 2.56 bits per heavy atom. The number of aliphatic hydroxyl groups is 1. The average Bonchev–Trinajstić information content (AvgIpc) is 2.68. The van der Waals surface area contributed by atoms with Crippen LogP contribution in [-0.4, -0.2) is 56.9 Å². The van der Waals surface area contributed by atoms with Gasteiger partial charge in [0.15, 0.2) is 5.78 Å². The molecule has 2 heterocycles. The lowest BCUT2D eigenvalue weighted by Crippen LogP contribution is -2.51. The third kappa shape index (κ3) is 5.07. The number of aliphatic hydroxyl groups excluding tert-OH is 1. The molecule has 0 spiro atoms. The summed E-state index contributed by atoms with van der Waals surface area (Å²) in [5.74, 6) is -0.360. The number of likely N-dealkylation sites (tertiary alicyclic amines) is 1. The lowest BCUT2D eigenvalue weighted by molar-refractivity contribution is -0.134. The number of hydrogen-bond donors (Lipinski definition) is 2. The van der Waals surface area contributed by atoms with E-state index in [2.05, 4.69) is 15.3 Å². The maximum atomic E-state index is 12.9. The lowest BCUT2D eigenvalue weighted by atomic mass is 10.0. The molecule has 27 heavy (non-hydrogen) atoms. The van der Waals surface area contributed by atoms with Gasteiger partial charge in [0, 0.05) is 43.9 Å². The smallest absolute Gasteiger partial charge is 0.223 e. The van der Waals surface area contributed by atoms with Crippen LogP contribution >= 0.6 is 0 Å². The molecule has 1 aromatic heterocycles. The summed E-state index contributed by atoms with van der Waals surface area (Å²) in [6, 6.07) is 6.73. The number of halogens is 1. The number of rotatable bonds is 6. The van der Waals surface area contributed by atoms with Crippen LogP contribution in [0.15, 0.2) is 42.7 Å². The fourth-order valence-electron chi connectivity index (χ4n) is 3.02. The predicted octanol–water partition coefficient (Wildman–Crippen LogP) is 1.65. The van der Waals surface area contributed by atoms with Crippen molar-refractivity contribution in [1.82, 2.24) is 14.9 Å². The maximum absolute atomic E-state index is 12.9. The predicted molar refractivity (Wildman–Crippen MR) is 96.6 cm³/mol. The topological polar surface area (TPSA) is 95.4 Å². The second-order valence-electron chi connectivity index (χ2n) is 6.45. The highest BCUT2D eigenvalue weighted by Crippen LogP contribution is 2.16. The molecule has 7 nitrogen and oxygen atoms in total. The van der Waals surface area contributed by atoms with Gasteiger partial charge >= 0.3 is 0 Å². The Balaban J connectivity index is 1.47. The number of β-amino-alcohol motifs (C(OH)–C–C–N with tert-alkyl or cyclic N) is 1. The summed E-state index contributed by atoms with van der Waals surface area (Å²) in [6.07, 6.45) is 3.13. The van der Waals surface area contributed by atoms with Crippen LogP contribution in [0.4, 0.5) is 10.3 Å². The van der Waals surface area contributed by atoms with Crippen LogP contribution in [0.3, 0.4) is 0 Å². The van der Waals surface area contributed by atoms with Crippen molar-refractivity contribution in [2.45, 2.75) is 31.4 Å². The van der Waals surface area contributed by atoms with Crippen LogP contribution in [0.2, 0.25) is 0 Å². The first-order valence-electron chi connectivity index (χ1n) is 8.81. The Kier molecular flexibility index (Phi) is 6.08. The second kappa shape index (κ2) is 8.68. The Labute approximate surface area is 156 Å². The normalized spacial score (nSPS) is 19.6. The number of ketones is 1. The molecule has 142 valence electrons. The van der Waals surface area contributed by atoms with Crippen molar-refractivity contribution in [3.05, 3.63) is 54.1 Å². The van der Waals surface area contributed by atoms with Gasteiger partial charge in [0.05, 0.1) is 12.1 Å². The number of nitrogens with one attached hydrogen (secondary N) is 1. The lowest BCUT2D eigenvalue weighted by Gasteiger charge is -2.36. The molecule has 1 aromatic carbocycles. The number of Topliss-reactive ketones (excluding diaryl/α,β-unsaturated/α-hetero) is 1. The van der Waals surface area contributed by atoms with Gasteiger partial charge in [-0.1, -0.05) is 0 Å². The SMILES string of the molecule is O=C(CCC(=O)N1CC[C@@H](Nc2ncccn2)[C@H](O)C1)c1ccc(F)cc1. The quantitative estimate of drug-likeness (QED) is 0.749. The fraction of sp³-hybridized carbons (Fsp3) is 0.368. The van der Waals surface area contributed by atoms with Gasteiger partial charge in [-0.3, -0.25) is 9.59 Å². The van der Waals surface area contributed by atoms with Gasteiger partial charge in [-0.05, 0) is 36.8 Å². The molecule has 1 saturated heterocycles. The Morgan fingerprint density at radius 2 is 1.89 bits per heavy atom. The minimum Gasteiger partial charge on any atom is -0.389 e. The molecular formula is C19H21FN4O3. The first kappa shape index (κ1) is 18.9. The van der Waals surface area contributed by atoms with Gasteiger partial charge in [0.2, 0.25) is 11.9 Å². The van der Waals surface area contributed by atoms with E-state index in [-0.39, 0.29) is 37.1 Å². The molecule has 0 bridgehead atoms.